The molecule has 1 aromatic heterocycles. The monoisotopic (exact) mass is 318 g/mol. The van der Waals surface area contributed by atoms with Crippen LogP contribution in [0, 0.1) is 0 Å². The molecule has 1 aliphatic heterocycles. The number of hydrogen-bond acceptors (Lipinski definition) is 4. The minimum Gasteiger partial charge on any atom is -0.454 e. The second kappa shape index (κ2) is 6.04. The van der Waals surface area contributed by atoms with Gasteiger partial charge in [-0.2, -0.15) is 0 Å². The molecule has 0 spiro atoms. The molecule has 0 aliphatic carbocycles. The minimum absolute atomic E-state index is 0.198. The Kier molecular flexibility index (Phi) is 3.59. The summed E-state index contributed by atoms with van der Waals surface area (Å²) in [5.74, 6) is 1.23. The van der Waals surface area contributed by atoms with Crippen LogP contribution in [-0.4, -0.2) is 17.7 Å². The first-order valence-corrected chi connectivity index (χ1v) is 7.51. The van der Waals surface area contributed by atoms with Crippen molar-refractivity contribution >= 4 is 11.6 Å². The molecule has 0 radical (unpaired) electrons. The van der Waals surface area contributed by atoms with E-state index in [9.17, 15) is 4.79 Å². The van der Waals surface area contributed by atoms with E-state index in [0.717, 1.165) is 22.6 Å². The third-order valence-corrected chi connectivity index (χ3v) is 3.74. The van der Waals surface area contributed by atoms with E-state index in [0.29, 0.717) is 11.3 Å². The maximum absolute atomic E-state index is 12.4. The zero-order valence-electron chi connectivity index (χ0n) is 12.7. The quantitative estimate of drug-likeness (QED) is 0.799. The largest absolute Gasteiger partial charge is 0.454 e. The Morgan fingerprint density at radius 2 is 1.75 bits per heavy atom. The molecule has 5 heteroatoms. The molecule has 1 aliphatic rings. The van der Waals surface area contributed by atoms with Crippen molar-refractivity contribution < 1.29 is 14.3 Å². The van der Waals surface area contributed by atoms with Crippen molar-refractivity contribution in [3.05, 3.63) is 72.6 Å². The number of nitrogens with zero attached hydrogens (tertiary/aromatic N) is 1. The van der Waals surface area contributed by atoms with Crippen molar-refractivity contribution in [3.8, 4) is 22.6 Å². The molecule has 4 rings (SSSR count). The zero-order chi connectivity index (χ0) is 16.4. The SMILES string of the molecule is O=C(Nc1ccccc1)c1cncc(-c2ccc3c(c2)OCO3)c1. The van der Waals surface area contributed by atoms with E-state index in [4.69, 9.17) is 9.47 Å². The average molecular weight is 318 g/mol. The third kappa shape index (κ3) is 2.79. The predicted octanol–water partition coefficient (Wildman–Crippen LogP) is 3.73. The number of amides is 1. The van der Waals surface area contributed by atoms with Crippen LogP contribution in [0.1, 0.15) is 10.4 Å². The van der Waals surface area contributed by atoms with E-state index in [-0.39, 0.29) is 12.7 Å². The summed E-state index contributed by atoms with van der Waals surface area (Å²) < 4.78 is 10.7. The van der Waals surface area contributed by atoms with Crippen molar-refractivity contribution in [1.29, 1.82) is 0 Å². The lowest BCUT2D eigenvalue weighted by atomic mass is 10.1. The topological polar surface area (TPSA) is 60.5 Å². The number of carbonyl (C=O) groups is 1. The summed E-state index contributed by atoms with van der Waals surface area (Å²) in [5.41, 5.74) is 3.00. The summed E-state index contributed by atoms with van der Waals surface area (Å²) in [5, 5.41) is 2.85. The zero-order valence-corrected chi connectivity index (χ0v) is 12.7. The normalized spacial score (nSPS) is 12.0. The molecule has 0 saturated carbocycles. The van der Waals surface area contributed by atoms with Crippen LogP contribution in [0.3, 0.4) is 0 Å². The lowest BCUT2D eigenvalue weighted by Gasteiger charge is -2.07. The Morgan fingerprint density at radius 1 is 0.917 bits per heavy atom. The van der Waals surface area contributed by atoms with Crippen molar-refractivity contribution in [2.45, 2.75) is 0 Å². The van der Waals surface area contributed by atoms with E-state index < -0.39 is 0 Å². The molecule has 0 bridgehead atoms. The van der Waals surface area contributed by atoms with E-state index in [1.54, 1.807) is 12.4 Å². The van der Waals surface area contributed by atoms with Crippen molar-refractivity contribution in [1.82, 2.24) is 4.98 Å². The summed E-state index contributed by atoms with van der Waals surface area (Å²) in [6, 6.07) is 16.8. The van der Waals surface area contributed by atoms with Crippen molar-refractivity contribution in [2.24, 2.45) is 0 Å². The molecule has 0 fully saturated rings. The number of hydrogen-bond donors (Lipinski definition) is 1. The highest BCUT2D eigenvalue weighted by molar-refractivity contribution is 6.04. The fraction of sp³-hybridized carbons (Fsp3) is 0.0526. The molecule has 0 unspecified atom stereocenters. The van der Waals surface area contributed by atoms with E-state index >= 15 is 0 Å². The summed E-state index contributed by atoms with van der Waals surface area (Å²) in [6.07, 6.45) is 3.27. The molecule has 2 heterocycles. The lowest BCUT2D eigenvalue weighted by molar-refractivity contribution is 0.102. The van der Waals surface area contributed by atoms with E-state index in [1.165, 1.54) is 0 Å². The molecule has 5 nitrogen and oxygen atoms in total. The molecule has 118 valence electrons. The molecule has 0 saturated heterocycles. The van der Waals surface area contributed by atoms with Crippen LogP contribution < -0.4 is 14.8 Å². The van der Waals surface area contributed by atoms with Crippen LogP contribution in [-0.2, 0) is 0 Å². The van der Waals surface area contributed by atoms with Crippen molar-refractivity contribution in [2.75, 3.05) is 12.1 Å². The number of aromatic nitrogens is 1. The van der Waals surface area contributed by atoms with E-state index in [1.807, 2.05) is 54.6 Å². The molecule has 24 heavy (non-hydrogen) atoms. The van der Waals surface area contributed by atoms with Crippen LogP contribution in [0.2, 0.25) is 0 Å². The second-order valence-electron chi connectivity index (χ2n) is 5.35. The van der Waals surface area contributed by atoms with Crippen LogP contribution in [0.5, 0.6) is 11.5 Å². The summed E-state index contributed by atoms with van der Waals surface area (Å²) in [4.78, 5) is 16.6. The fourth-order valence-electron chi connectivity index (χ4n) is 2.52. The number of benzene rings is 2. The third-order valence-electron chi connectivity index (χ3n) is 3.74. The fourth-order valence-corrected chi connectivity index (χ4v) is 2.52. The van der Waals surface area contributed by atoms with Crippen molar-refractivity contribution in [3.63, 3.8) is 0 Å². The van der Waals surface area contributed by atoms with Gasteiger partial charge in [-0.3, -0.25) is 9.78 Å². The van der Waals surface area contributed by atoms with Gasteiger partial charge in [-0.15, -0.1) is 0 Å². The number of rotatable bonds is 3. The summed E-state index contributed by atoms with van der Waals surface area (Å²) in [7, 11) is 0. The van der Waals surface area contributed by atoms with Gasteiger partial charge < -0.3 is 14.8 Å². The number of carbonyl (C=O) groups excluding carboxylic acids is 1. The maximum atomic E-state index is 12.4. The van der Waals surface area contributed by atoms with Gasteiger partial charge in [0.05, 0.1) is 5.56 Å². The lowest BCUT2D eigenvalue weighted by Crippen LogP contribution is -2.12. The number of ether oxygens (including phenoxy) is 2. The van der Waals surface area contributed by atoms with Gasteiger partial charge in [0.25, 0.3) is 5.91 Å². The van der Waals surface area contributed by atoms with Gasteiger partial charge >= 0.3 is 0 Å². The number of anilines is 1. The molecule has 1 N–H and O–H groups in total. The smallest absolute Gasteiger partial charge is 0.257 e. The molecular formula is C19H14N2O3. The van der Waals surface area contributed by atoms with Gasteiger partial charge in [-0.25, -0.2) is 0 Å². The van der Waals surface area contributed by atoms with Gasteiger partial charge in [0.15, 0.2) is 11.5 Å². The van der Waals surface area contributed by atoms with Crippen LogP contribution in [0.25, 0.3) is 11.1 Å². The van der Waals surface area contributed by atoms with Gasteiger partial charge in [0.2, 0.25) is 6.79 Å². The molecule has 3 aromatic rings. The minimum atomic E-state index is -0.198. The molecular weight excluding hydrogens is 304 g/mol. The first kappa shape index (κ1) is 14.3. The highest BCUT2D eigenvalue weighted by Crippen LogP contribution is 2.35. The second-order valence-corrected chi connectivity index (χ2v) is 5.35. The van der Waals surface area contributed by atoms with Crippen LogP contribution in [0.4, 0.5) is 5.69 Å². The Bertz CT molecular complexity index is 894. The Morgan fingerprint density at radius 3 is 2.62 bits per heavy atom. The Labute approximate surface area is 138 Å². The van der Waals surface area contributed by atoms with Gasteiger partial charge in [0.1, 0.15) is 0 Å². The van der Waals surface area contributed by atoms with Gasteiger partial charge in [0, 0.05) is 23.6 Å². The van der Waals surface area contributed by atoms with Gasteiger partial charge in [-0.05, 0) is 35.9 Å². The predicted molar refractivity (Wildman–Crippen MR) is 90.2 cm³/mol. The Hall–Kier alpha value is -3.34. The molecule has 1 amide bonds. The Balaban J connectivity index is 1.60. The number of nitrogens with one attached hydrogen (secondary N) is 1. The standard InChI is InChI=1S/C19H14N2O3/c22-19(21-16-4-2-1-3-5-16)15-8-14(10-20-11-15)13-6-7-17-18(9-13)24-12-23-17/h1-11H,12H2,(H,21,22). The van der Waals surface area contributed by atoms with Crippen LogP contribution >= 0.6 is 0 Å². The first-order valence-electron chi connectivity index (χ1n) is 7.51. The van der Waals surface area contributed by atoms with E-state index in [2.05, 4.69) is 10.3 Å². The average Bonchev–Trinajstić information content (AvgIpc) is 3.10. The maximum Gasteiger partial charge on any atom is 0.257 e. The number of pyridine rings is 1. The highest BCUT2D eigenvalue weighted by atomic mass is 16.7. The van der Waals surface area contributed by atoms with Crippen LogP contribution in [0.15, 0.2) is 67.0 Å². The summed E-state index contributed by atoms with van der Waals surface area (Å²) >= 11 is 0. The summed E-state index contributed by atoms with van der Waals surface area (Å²) in [6.45, 7) is 0.233. The molecule has 2 aromatic carbocycles. The highest BCUT2D eigenvalue weighted by Gasteiger charge is 2.15. The molecule has 0 atom stereocenters. The first-order chi connectivity index (χ1) is 11.8. The number of para-hydroxylation sites is 1. The number of fused-ring (bicyclic) bond motifs is 1. The van der Waals surface area contributed by atoms with Gasteiger partial charge in [-0.1, -0.05) is 24.3 Å².